The van der Waals surface area contributed by atoms with Gasteiger partial charge in [0.25, 0.3) is 5.69 Å². The molecule has 0 aliphatic rings. The van der Waals surface area contributed by atoms with E-state index in [1.165, 1.54) is 6.07 Å². The van der Waals surface area contributed by atoms with Crippen LogP contribution in [-0.2, 0) is 7.05 Å². The van der Waals surface area contributed by atoms with Crippen molar-refractivity contribution in [3.8, 4) is 0 Å². The minimum absolute atomic E-state index is 0.162. The monoisotopic (exact) mass is 153 g/mol. The minimum atomic E-state index is -0.380. The van der Waals surface area contributed by atoms with Gasteiger partial charge >= 0.3 is 5.69 Å². The van der Waals surface area contributed by atoms with Gasteiger partial charge in [-0.05, 0) is 0 Å². The molecule has 4 heteroatoms. The van der Waals surface area contributed by atoms with E-state index in [9.17, 15) is 10.1 Å². The number of rotatable bonds is 1. The van der Waals surface area contributed by atoms with Crippen LogP contribution in [0.15, 0.2) is 18.3 Å². The Hall–Kier alpha value is -1.45. The first-order valence-corrected chi connectivity index (χ1v) is 3.22. The van der Waals surface area contributed by atoms with Gasteiger partial charge in [-0.3, -0.25) is 10.1 Å². The zero-order chi connectivity index (χ0) is 8.43. The molecular formula is C7H9N2O2+. The summed E-state index contributed by atoms with van der Waals surface area (Å²) < 4.78 is 1.72. The second-order valence-corrected chi connectivity index (χ2v) is 2.35. The van der Waals surface area contributed by atoms with E-state index in [4.69, 9.17) is 0 Å². The van der Waals surface area contributed by atoms with Crippen LogP contribution in [0.2, 0.25) is 0 Å². The number of nitro groups is 1. The van der Waals surface area contributed by atoms with E-state index in [0.717, 1.165) is 0 Å². The molecule has 58 valence electrons. The molecule has 4 nitrogen and oxygen atoms in total. The third-order valence-electron chi connectivity index (χ3n) is 1.66. The van der Waals surface area contributed by atoms with Crippen molar-refractivity contribution in [3.63, 3.8) is 0 Å². The van der Waals surface area contributed by atoms with E-state index >= 15 is 0 Å². The maximum absolute atomic E-state index is 10.4. The van der Waals surface area contributed by atoms with Crippen LogP contribution in [0.1, 0.15) is 5.69 Å². The van der Waals surface area contributed by atoms with Crippen molar-refractivity contribution in [2.45, 2.75) is 6.92 Å². The molecule has 11 heavy (non-hydrogen) atoms. The van der Waals surface area contributed by atoms with Crippen molar-refractivity contribution in [2.24, 2.45) is 7.05 Å². The lowest BCUT2D eigenvalue weighted by Crippen LogP contribution is -2.31. The minimum Gasteiger partial charge on any atom is -0.258 e. The highest BCUT2D eigenvalue weighted by atomic mass is 16.6. The number of pyridine rings is 1. The number of aromatic nitrogens is 1. The van der Waals surface area contributed by atoms with Gasteiger partial charge in [0.05, 0.1) is 4.92 Å². The second kappa shape index (κ2) is 2.65. The number of hydrogen-bond acceptors (Lipinski definition) is 2. The molecule has 1 heterocycles. The zero-order valence-corrected chi connectivity index (χ0v) is 6.44. The third-order valence-corrected chi connectivity index (χ3v) is 1.66. The van der Waals surface area contributed by atoms with Gasteiger partial charge in [0.2, 0.25) is 0 Å². The Kier molecular flexibility index (Phi) is 1.85. The van der Waals surface area contributed by atoms with Gasteiger partial charge in [-0.1, -0.05) is 0 Å². The third kappa shape index (κ3) is 1.34. The summed E-state index contributed by atoms with van der Waals surface area (Å²) in [6, 6.07) is 3.15. The van der Waals surface area contributed by atoms with Crippen LogP contribution in [-0.4, -0.2) is 4.92 Å². The van der Waals surface area contributed by atoms with Crippen LogP contribution in [0.25, 0.3) is 0 Å². The van der Waals surface area contributed by atoms with Crippen molar-refractivity contribution >= 4 is 5.69 Å². The summed E-state index contributed by atoms with van der Waals surface area (Å²) in [6.45, 7) is 1.72. The Balaban J connectivity index is 3.27. The Labute approximate surface area is 64.2 Å². The fraction of sp³-hybridized carbons (Fsp3) is 0.286. The summed E-state index contributed by atoms with van der Waals surface area (Å²) in [7, 11) is 1.78. The van der Waals surface area contributed by atoms with E-state index in [-0.39, 0.29) is 10.6 Å². The van der Waals surface area contributed by atoms with Gasteiger partial charge in [0.15, 0.2) is 6.20 Å². The Bertz CT molecular complexity index is 296. The lowest BCUT2D eigenvalue weighted by atomic mass is 10.3. The number of nitrogens with zero attached hydrogens (tertiary/aromatic N) is 2. The van der Waals surface area contributed by atoms with Gasteiger partial charge in [0.1, 0.15) is 7.05 Å². The van der Waals surface area contributed by atoms with Gasteiger partial charge in [-0.2, -0.15) is 4.57 Å². The number of hydrogen-bond donors (Lipinski definition) is 0. The molecule has 0 aliphatic carbocycles. The van der Waals surface area contributed by atoms with Crippen molar-refractivity contribution < 1.29 is 9.49 Å². The van der Waals surface area contributed by atoms with Crippen LogP contribution in [0, 0.1) is 17.0 Å². The zero-order valence-electron chi connectivity index (χ0n) is 6.44. The molecule has 0 N–H and O–H groups in total. The predicted molar refractivity (Wildman–Crippen MR) is 39.0 cm³/mol. The second-order valence-electron chi connectivity index (χ2n) is 2.35. The van der Waals surface area contributed by atoms with E-state index < -0.39 is 0 Å². The van der Waals surface area contributed by atoms with E-state index in [0.29, 0.717) is 5.69 Å². The SMILES string of the molecule is Cc1c([N+](=O)[O-])ccc[n+]1C. The van der Waals surface area contributed by atoms with Crippen LogP contribution in [0.4, 0.5) is 5.69 Å². The summed E-state index contributed by atoms with van der Waals surface area (Å²) in [5, 5.41) is 10.4. The van der Waals surface area contributed by atoms with Crippen molar-refractivity contribution in [1.29, 1.82) is 0 Å². The van der Waals surface area contributed by atoms with E-state index in [1.54, 1.807) is 30.8 Å². The molecule has 0 unspecified atom stereocenters. The summed E-state index contributed by atoms with van der Waals surface area (Å²) in [6.07, 6.45) is 1.78. The maximum Gasteiger partial charge on any atom is 0.335 e. The van der Waals surface area contributed by atoms with Crippen LogP contribution >= 0.6 is 0 Å². The summed E-state index contributed by atoms with van der Waals surface area (Å²) in [4.78, 5) is 9.99. The standard InChI is InChI=1S/C7H9N2O2/c1-6-7(9(10)11)4-3-5-8(6)2/h3-5H,1-2H3/q+1. The molecule has 0 atom stereocenters. The average Bonchev–Trinajstić information content (AvgIpc) is 1.94. The first-order valence-electron chi connectivity index (χ1n) is 3.22. The lowest BCUT2D eigenvalue weighted by Gasteiger charge is -1.93. The molecule has 0 fully saturated rings. The normalized spacial score (nSPS) is 9.64. The molecule has 0 spiro atoms. The highest BCUT2D eigenvalue weighted by Gasteiger charge is 2.16. The summed E-state index contributed by atoms with van der Waals surface area (Å²) in [5.41, 5.74) is 0.826. The highest BCUT2D eigenvalue weighted by Crippen LogP contribution is 2.10. The van der Waals surface area contributed by atoms with E-state index in [1.807, 2.05) is 0 Å². The predicted octanol–water partition coefficient (Wildman–Crippen LogP) is 0.728. The maximum atomic E-state index is 10.4. The molecule has 0 aliphatic heterocycles. The van der Waals surface area contributed by atoms with Crippen molar-refractivity contribution in [3.05, 3.63) is 34.1 Å². The molecule has 1 aromatic rings. The number of aryl methyl sites for hydroxylation is 1. The van der Waals surface area contributed by atoms with Gasteiger partial charge in [-0.25, -0.2) is 0 Å². The molecule has 0 aromatic carbocycles. The van der Waals surface area contributed by atoms with Crippen LogP contribution in [0.5, 0.6) is 0 Å². The summed E-state index contributed by atoms with van der Waals surface area (Å²) >= 11 is 0. The van der Waals surface area contributed by atoms with Crippen LogP contribution in [0.3, 0.4) is 0 Å². The fourth-order valence-electron chi connectivity index (χ4n) is 0.869. The molecular weight excluding hydrogens is 144 g/mol. The lowest BCUT2D eigenvalue weighted by molar-refractivity contribution is -0.680. The smallest absolute Gasteiger partial charge is 0.258 e. The van der Waals surface area contributed by atoms with Gasteiger partial charge in [-0.15, -0.1) is 0 Å². The Morgan fingerprint density at radius 3 is 2.73 bits per heavy atom. The topological polar surface area (TPSA) is 47.0 Å². The Morgan fingerprint density at radius 1 is 1.64 bits per heavy atom. The van der Waals surface area contributed by atoms with E-state index in [2.05, 4.69) is 0 Å². The van der Waals surface area contributed by atoms with Gasteiger partial charge in [0, 0.05) is 19.1 Å². The molecule has 1 aromatic heterocycles. The Morgan fingerprint density at radius 2 is 2.27 bits per heavy atom. The summed E-state index contributed by atoms with van der Waals surface area (Å²) in [5.74, 6) is 0. The molecule has 0 bridgehead atoms. The molecule has 0 radical (unpaired) electrons. The molecule has 1 rings (SSSR count). The molecule has 0 saturated heterocycles. The van der Waals surface area contributed by atoms with Crippen LogP contribution < -0.4 is 4.57 Å². The van der Waals surface area contributed by atoms with Crippen molar-refractivity contribution in [2.75, 3.05) is 0 Å². The largest absolute Gasteiger partial charge is 0.335 e. The average molecular weight is 153 g/mol. The fourth-order valence-corrected chi connectivity index (χ4v) is 0.869. The van der Waals surface area contributed by atoms with Gasteiger partial charge < -0.3 is 0 Å². The first kappa shape index (κ1) is 7.65. The van der Waals surface area contributed by atoms with Crippen molar-refractivity contribution in [1.82, 2.24) is 0 Å². The highest BCUT2D eigenvalue weighted by molar-refractivity contribution is 5.29. The molecule has 0 saturated carbocycles. The first-order chi connectivity index (χ1) is 5.13. The molecule has 0 amide bonds. The quantitative estimate of drug-likeness (QED) is 0.339.